The first-order valence-electron chi connectivity index (χ1n) is 5.58. The minimum absolute atomic E-state index is 0.262. The molecule has 17 heavy (non-hydrogen) atoms. The van der Waals surface area contributed by atoms with Gasteiger partial charge in [-0.05, 0) is 24.1 Å². The van der Waals surface area contributed by atoms with Gasteiger partial charge < -0.3 is 4.74 Å². The number of hydrogen-bond acceptors (Lipinski definition) is 1. The average molecular weight is 271 g/mol. The lowest BCUT2D eigenvalue weighted by Crippen LogP contribution is -2.00. The summed E-state index contributed by atoms with van der Waals surface area (Å²) in [5, 5.41) is 1.17. The Labute approximate surface area is 113 Å². The molecule has 1 nitrogen and oxygen atoms in total. The lowest BCUT2D eigenvalue weighted by Gasteiger charge is -2.12. The molecule has 0 radical (unpaired) electrons. The molecule has 0 amide bonds. The fourth-order valence-corrected chi connectivity index (χ4v) is 2.26. The fourth-order valence-electron chi connectivity index (χ4n) is 1.65. The number of benzene rings is 1. The summed E-state index contributed by atoms with van der Waals surface area (Å²) in [4.78, 5) is 0. The first-order valence-corrected chi connectivity index (χ1v) is 6.34. The molecule has 0 N–H and O–H groups in total. The van der Waals surface area contributed by atoms with Crippen molar-refractivity contribution in [2.24, 2.45) is 5.92 Å². The Bertz CT molecular complexity index is 444. The summed E-state index contributed by atoms with van der Waals surface area (Å²) in [5.41, 5.74) is 1.00. The van der Waals surface area contributed by atoms with E-state index in [4.69, 9.17) is 27.9 Å². The predicted octanol–water partition coefficient (Wildman–Crippen LogP) is 4.59. The largest absolute Gasteiger partial charge is 0.495 e. The van der Waals surface area contributed by atoms with Crippen molar-refractivity contribution in [3.05, 3.63) is 27.7 Å². The molecule has 0 saturated carbocycles. The first-order chi connectivity index (χ1) is 8.08. The van der Waals surface area contributed by atoms with Crippen LogP contribution in [-0.2, 0) is 6.42 Å². The highest BCUT2D eigenvalue weighted by Gasteiger charge is 2.11. The van der Waals surface area contributed by atoms with Crippen LogP contribution in [0, 0.1) is 17.8 Å². The van der Waals surface area contributed by atoms with Gasteiger partial charge in [0.25, 0.3) is 0 Å². The van der Waals surface area contributed by atoms with Gasteiger partial charge in [-0.25, -0.2) is 0 Å². The first kappa shape index (κ1) is 14.2. The molecule has 1 unspecified atom stereocenters. The third-order valence-electron chi connectivity index (χ3n) is 2.34. The van der Waals surface area contributed by atoms with Gasteiger partial charge in [0.1, 0.15) is 5.75 Å². The number of rotatable bonds is 3. The van der Waals surface area contributed by atoms with Crippen LogP contribution < -0.4 is 4.74 Å². The van der Waals surface area contributed by atoms with Crippen LogP contribution in [0.3, 0.4) is 0 Å². The van der Waals surface area contributed by atoms with Gasteiger partial charge in [-0.3, -0.25) is 0 Å². The summed E-state index contributed by atoms with van der Waals surface area (Å²) >= 11 is 12.1. The number of halogens is 2. The average Bonchev–Trinajstić information content (AvgIpc) is 2.25. The zero-order valence-electron chi connectivity index (χ0n) is 10.3. The van der Waals surface area contributed by atoms with Gasteiger partial charge in [0.2, 0.25) is 0 Å². The number of hydrogen-bond donors (Lipinski definition) is 0. The molecule has 0 aromatic heterocycles. The zero-order valence-corrected chi connectivity index (χ0v) is 11.8. The van der Waals surface area contributed by atoms with Crippen molar-refractivity contribution < 1.29 is 4.74 Å². The highest BCUT2D eigenvalue weighted by molar-refractivity contribution is 6.35. The van der Waals surface area contributed by atoms with Crippen LogP contribution in [0.15, 0.2) is 12.1 Å². The lowest BCUT2D eigenvalue weighted by molar-refractivity contribution is 0.408. The zero-order chi connectivity index (χ0) is 12.8. The maximum Gasteiger partial charge on any atom is 0.140 e. The molecule has 0 fully saturated rings. The molecule has 0 heterocycles. The fraction of sp³-hybridized carbons (Fsp3) is 0.429. The van der Waals surface area contributed by atoms with Crippen molar-refractivity contribution in [2.75, 3.05) is 7.11 Å². The van der Waals surface area contributed by atoms with E-state index in [-0.39, 0.29) is 5.92 Å². The molecule has 1 aromatic rings. The Morgan fingerprint density at radius 2 is 2.06 bits per heavy atom. The van der Waals surface area contributed by atoms with Gasteiger partial charge in [-0.1, -0.05) is 43.0 Å². The molecule has 0 aliphatic rings. The molecule has 1 rings (SSSR count). The van der Waals surface area contributed by atoms with Crippen molar-refractivity contribution in [3.63, 3.8) is 0 Å². The second kappa shape index (κ2) is 6.79. The van der Waals surface area contributed by atoms with Crippen molar-refractivity contribution in [1.29, 1.82) is 0 Å². The lowest BCUT2D eigenvalue weighted by atomic mass is 10.0. The van der Waals surface area contributed by atoms with Gasteiger partial charge >= 0.3 is 0 Å². The van der Waals surface area contributed by atoms with E-state index in [1.165, 1.54) is 0 Å². The van der Waals surface area contributed by atoms with Gasteiger partial charge in [-0.15, -0.1) is 5.92 Å². The molecule has 92 valence electrons. The summed E-state index contributed by atoms with van der Waals surface area (Å²) in [6.45, 7) is 4.12. The van der Waals surface area contributed by atoms with E-state index in [2.05, 4.69) is 18.8 Å². The molecular formula is C14H16Cl2O. The highest BCUT2D eigenvalue weighted by Crippen LogP contribution is 2.33. The van der Waals surface area contributed by atoms with E-state index < -0.39 is 0 Å². The topological polar surface area (TPSA) is 9.23 Å². The predicted molar refractivity (Wildman–Crippen MR) is 73.9 cm³/mol. The maximum atomic E-state index is 6.08. The number of methoxy groups -OCH3 is 1. The van der Waals surface area contributed by atoms with Crippen molar-refractivity contribution in [3.8, 4) is 17.6 Å². The van der Waals surface area contributed by atoms with Crippen molar-refractivity contribution in [2.45, 2.75) is 26.7 Å². The van der Waals surface area contributed by atoms with Crippen molar-refractivity contribution >= 4 is 23.2 Å². The molecule has 0 aliphatic heterocycles. The van der Waals surface area contributed by atoms with E-state index in [9.17, 15) is 0 Å². The van der Waals surface area contributed by atoms with Gasteiger partial charge in [-0.2, -0.15) is 0 Å². The van der Waals surface area contributed by atoms with Gasteiger partial charge in [0.15, 0.2) is 0 Å². The van der Waals surface area contributed by atoms with E-state index >= 15 is 0 Å². The maximum absolute atomic E-state index is 6.08. The van der Waals surface area contributed by atoms with Crippen LogP contribution in [0.2, 0.25) is 10.0 Å². The summed E-state index contributed by atoms with van der Waals surface area (Å²) in [6.07, 6.45) is 1.66. The van der Waals surface area contributed by atoms with Gasteiger partial charge in [0.05, 0.1) is 12.1 Å². The summed E-state index contributed by atoms with van der Waals surface area (Å²) in [5.74, 6) is 7.22. The monoisotopic (exact) mass is 270 g/mol. The summed E-state index contributed by atoms with van der Waals surface area (Å²) < 4.78 is 5.30. The van der Waals surface area contributed by atoms with Crippen molar-refractivity contribution in [1.82, 2.24) is 0 Å². The Morgan fingerprint density at radius 3 is 2.65 bits per heavy atom. The molecule has 0 spiro atoms. The SMILES string of the molecule is CCC#CC(C)Cc1cc(Cl)cc(Cl)c1OC. The summed E-state index contributed by atoms with van der Waals surface area (Å²) in [7, 11) is 1.61. The molecule has 0 aliphatic carbocycles. The molecule has 1 aromatic carbocycles. The van der Waals surface area contributed by atoms with Crippen LogP contribution in [0.1, 0.15) is 25.8 Å². The molecular weight excluding hydrogens is 255 g/mol. The smallest absolute Gasteiger partial charge is 0.140 e. The second-order valence-corrected chi connectivity index (χ2v) is 4.70. The number of ether oxygens (including phenoxy) is 1. The summed E-state index contributed by atoms with van der Waals surface area (Å²) in [6, 6.07) is 3.57. The Morgan fingerprint density at radius 1 is 1.35 bits per heavy atom. The second-order valence-electron chi connectivity index (χ2n) is 3.86. The molecule has 0 saturated heterocycles. The Kier molecular flexibility index (Phi) is 5.68. The normalized spacial score (nSPS) is 11.6. The van der Waals surface area contributed by atoms with E-state index in [0.717, 1.165) is 18.4 Å². The Balaban J connectivity index is 2.97. The third-order valence-corrected chi connectivity index (χ3v) is 2.84. The van der Waals surface area contributed by atoms with Crippen LogP contribution >= 0.6 is 23.2 Å². The van der Waals surface area contributed by atoms with E-state index in [1.54, 1.807) is 13.2 Å². The quantitative estimate of drug-likeness (QED) is 0.730. The third kappa shape index (κ3) is 4.15. The molecule has 3 heteroatoms. The standard InChI is InChI=1S/C14H16Cl2O/c1-4-5-6-10(2)7-11-8-12(15)9-13(16)14(11)17-3/h8-10H,4,7H2,1-3H3. The Hall–Kier alpha value is -0.840. The van der Waals surface area contributed by atoms with Crippen LogP contribution in [0.25, 0.3) is 0 Å². The molecule has 1 atom stereocenters. The highest BCUT2D eigenvalue weighted by atomic mass is 35.5. The van der Waals surface area contributed by atoms with E-state index in [1.807, 2.05) is 13.0 Å². The van der Waals surface area contributed by atoms with Crippen LogP contribution in [0.4, 0.5) is 0 Å². The minimum Gasteiger partial charge on any atom is -0.495 e. The van der Waals surface area contributed by atoms with E-state index in [0.29, 0.717) is 15.8 Å². The molecule has 0 bridgehead atoms. The van der Waals surface area contributed by atoms with Crippen LogP contribution in [0.5, 0.6) is 5.75 Å². The van der Waals surface area contributed by atoms with Gasteiger partial charge in [0, 0.05) is 17.4 Å². The minimum atomic E-state index is 0.262. The van der Waals surface area contributed by atoms with Crippen LogP contribution in [-0.4, -0.2) is 7.11 Å².